The van der Waals surface area contributed by atoms with Gasteiger partial charge in [-0.3, -0.25) is 4.55 Å². The Hall–Kier alpha value is -0.350. The van der Waals surface area contributed by atoms with Crippen LogP contribution in [0.1, 0.15) is 321 Å². The van der Waals surface area contributed by atoms with E-state index in [4.69, 9.17) is 0 Å². The molecule has 2 aliphatic carbocycles. The number of unbranched alkanes of at least 4 members (excludes halogenated alkanes) is 12. The van der Waals surface area contributed by atoms with Crippen molar-refractivity contribution in [3.63, 3.8) is 0 Å². The molecule has 3 nitrogen and oxygen atoms in total. The van der Waals surface area contributed by atoms with Crippen LogP contribution < -0.4 is 0 Å². The van der Waals surface area contributed by atoms with Crippen molar-refractivity contribution in [2.75, 3.05) is 0 Å². The van der Waals surface area contributed by atoms with Gasteiger partial charge in [0, 0.05) is 10.8 Å². The minimum atomic E-state index is -4.60. The zero-order valence-corrected chi connectivity index (χ0v) is 45.2. The monoisotopic (exact) mass is 889 g/mol. The van der Waals surface area contributed by atoms with Crippen molar-refractivity contribution in [1.82, 2.24) is 0 Å². The molecule has 0 aromatic carbocycles. The summed E-state index contributed by atoms with van der Waals surface area (Å²) in [4.78, 5) is 0. The smallest absolute Gasteiger partial charge is 0.275 e. The second-order valence-electron chi connectivity index (χ2n) is 21.9. The van der Waals surface area contributed by atoms with Gasteiger partial charge in [-0.25, -0.2) is 0 Å². The molecular weight excluding hydrogens is 777 g/mol. The lowest BCUT2D eigenvalue weighted by molar-refractivity contribution is -0.290. The fourth-order valence-electron chi connectivity index (χ4n) is 16.4. The van der Waals surface area contributed by atoms with Crippen molar-refractivity contribution in [3.05, 3.63) is 11.6 Å². The van der Waals surface area contributed by atoms with Crippen molar-refractivity contribution in [1.29, 1.82) is 0 Å². The van der Waals surface area contributed by atoms with Crippen molar-refractivity contribution in [2.45, 2.75) is 325 Å². The predicted octanol–water partition coefficient (Wildman–Crippen LogP) is 20.2. The molecule has 2 atom stereocenters. The molecule has 0 spiro atoms. The third kappa shape index (κ3) is 10.4. The van der Waals surface area contributed by atoms with Crippen LogP contribution in [-0.2, 0) is 10.1 Å². The molecule has 368 valence electrons. The van der Waals surface area contributed by atoms with E-state index in [0.717, 1.165) is 116 Å². The van der Waals surface area contributed by atoms with E-state index in [1.165, 1.54) is 121 Å². The quantitative estimate of drug-likeness (QED) is 0.0499. The molecule has 0 saturated heterocycles. The first-order chi connectivity index (χ1) is 29.8. The molecule has 0 amide bonds. The van der Waals surface area contributed by atoms with Crippen LogP contribution in [-0.4, -0.2) is 17.7 Å². The van der Waals surface area contributed by atoms with E-state index in [0.29, 0.717) is 6.42 Å². The van der Waals surface area contributed by atoms with Gasteiger partial charge >= 0.3 is 0 Å². The van der Waals surface area contributed by atoms with Gasteiger partial charge in [0.15, 0.2) is 0 Å². The standard InChI is InChI=1S/C58H112O3S/c1-13-25-38-52(39-26-14-2)50-37-51-57(48-35-23-11,53(52,40-27-15-3)41-28-16-4)55(44-31-19-7,45-32-20-8)54(42-29-17-5,43-30-18-6)56(46-33-21-9,47-34-22-10)58(51,49-36-24-12)62(59,60)61/h37H,13-36,38-50H2,1-12H3,(H,59,60,61). The number of allylic oxidation sites excluding steroid dienone is 1. The summed E-state index contributed by atoms with van der Waals surface area (Å²) in [6.45, 7) is 28.8. The second-order valence-corrected chi connectivity index (χ2v) is 23.5. The van der Waals surface area contributed by atoms with E-state index < -0.39 is 20.3 Å². The summed E-state index contributed by atoms with van der Waals surface area (Å²) in [7, 11) is -4.60. The molecule has 2 rings (SSSR count). The lowest BCUT2D eigenvalue weighted by atomic mass is 9.21. The summed E-state index contributed by atoms with van der Waals surface area (Å²) in [6.07, 6.45) is 44.2. The van der Waals surface area contributed by atoms with Gasteiger partial charge in [-0.2, -0.15) is 8.42 Å². The first-order valence-electron chi connectivity index (χ1n) is 28.5. The third-order valence-electron chi connectivity index (χ3n) is 18.7. The van der Waals surface area contributed by atoms with Crippen molar-refractivity contribution >= 4 is 10.1 Å². The number of hydrogen-bond acceptors (Lipinski definition) is 2. The Bertz CT molecular complexity index is 1300. The predicted molar refractivity (Wildman–Crippen MR) is 276 cm³/mol. The molecule has 2 aliphatic rings. The molecule has 62 heavy (non-hydrogen) atoms. The summed E-state index contributed by atoms with van der Waals surface area (Å²) in [5.41, 5.74) is 0.211. The van der Waals surface area contributed by atoms with Gasteiger partial charge in [-0.05, 0) is 111 Å². The number of rotatable bonds is 37. The average molecular weight is 890 g/mol. The van der Waals surface area contributed by atoms with E-state index in [2.05, 4.69) is 89.2 Å². The lowest BCUT2D eigenvalue weighted by Gasteiger charge is -2.83. The van der Waals surface area contributed by atoms with E-state index >= 15 is 8.42 Å². The summed E-state index contributed by atoms with van der Waals surface area (Å²) >= 11 is 0. The lowest BCUT2D eigenvalue weighted by Crippen LogP contribution is -2.81. The molecule has 1 fully saturated rings. The van der Waals surface area contributed by atoms with E-state index in [1.807, 2.05) is 0 Å². The Morgan fingerprint density at radius 3 is 0.984 bits per heavy atom. The highest BCUT2D eigenvalue weighted by molar-refractivity contribution is 7.87. The Labute approximate surface area is 390 Å². The van der Waals surface area contributed by atoms with E-state index in [1.54, 1.807) is 0 Å². The molecule has 2 unspecified atom stereocenters. The summed E-state index contributed by atoms with van der Waals surface area (Å²) < 4.78 is 44.2. The van der Waals surface area contributed by atoms with Crippen LogP contribution in [0.25, 0.3) is 0 Å². The Morgan fingerprint density at radius 2 is 0.645 bits per heavy atom. The largest absolute Gasteiger partial charge is 0.285 e. The summed E-state index contributed by atoms with van der Waals surface area (Å²) in [5, 5.41) is 0. The maximum atomic E-state index is 16.2. The maximum Gasteiger partial charge on any atom is 0.275 e. The zero-order chi connectivity index (χ0) is 46.4. The van der Waals surface area contributed by atoms with Gasteiger partial charge in [0.1, 0.15) is 4.75 Å². The Morgan fingerprint density at radius 1 is 0.371 bits per heavy atom. The van der Waals surface area contributed by atoms with Crippen LogP contribution >= 0.6 is 0 Å². The topological polar surface area (TPSA) is 54.4 Å². The van der Waals surface area contributed by atoms with Crippen LogP contribution in [0.3, 0.4) is 0 Å². The highest BCUT2D eigenvalue weighted by atomic mass is 32.2. The van der Waals surface area contributed by atoms with Gasteiger partial charge < -0.3 is 0 Å². The summed E-state index contributed by atoms with van der Waals surface area (Å²) in [5.74, 6) is 0. The van der Waals surface area contributed by atoms with Crippen molar-refractivity contribution in [3.8, 4) is 0 Å². The van der Waals surface area contributed by atoms with Gasteiger partial charge in [-0.1, -0.05) is 243 Å². The van der Waals surface area contributed by atoms with E-state index in [9.17, 15) is 4.55 Å². The van der Waals surface area contributed by atoms with Crippen LogP contribution in [0.5, 0.6) is 0 Å². The molecule has 4 heteroatoms. The molecule has 0 aromatic rings. The van der Waals surface area contributed by atoms with Crippen molar-refractivity contribution in [2.24, 2.45) is 32.5 Å². The Kier molecular flexibility index (Phi) is 25.6. The van der Waals surface area contributed by atoms with Crippen LogP contribution in [0, 0.1) is 32.5 Å². The Balaban J connectivity index is 4.03. The zero-order valence-electron chi connectivity index (χ0n) is 44.4. The molecule has 0 bridgehead atoms. The van der Waals surface area contributed by atoms with Crippen LogP contribution in [0.2, 0.25) is 0 Å². The number of hydrogen-bond donors (Lipinski definition) is 1. The van der Waals surface area contributed by atoms with Gasteiger partial charge in [-0.15, -0.1) is 0 Å². The van der Waals surface area contributed by atoms with Crippen LogP contribution in [0.15, 0.2) is 11.6 Å². The average Bonchev–Trinajstić information content (AvgIpc) is 3.27. The molecule has 0 heterocycles. The fraction of sp³-hybridized carbons (Fsp3) is 0.966. The summed E-state index contributed by atoms with van der Waals surface area (Å²) in [6, 6.07) is 0. The molecule has 0 radical (unpaired) electrons. The molecular formula is C58H112O3S. The molecule has 1 N–H and O–H groups in total. The molecule has 0 aliphatic heterocycles. The van der Waals surface area contributed by atoms with Gasteiger partial charge in [0.05, 0.1) is 0 Å². The highest BCUT2D eigenvalue weighted by Crippen LogP contribution is 2.89. The number of fused-ring (bicyclic) bond motifs is 1. The van der Waals surface area contributed by atoms with Crippen molar-refractivity contribution < 1.29 is 13.0 Å². The third-order valence-corrected chi connectivity index (χ3v) is 20.4. The molecule has 1 saturated carbocycles. The highest BCUT2D eigenvalue weighted by Gasteiger charge is 2.85. The SMILES string of the molecule is CCCCC1(CCCC)CC=C2C(CCCC)(C1(CCCC)CCCC)C(CCCC)(CCCC)C(CCCC)(CCCC)C(CCCC)(CCCC)C2(CCCC)S(=O)(=O)O. The maximum absolute atomic E-state index is 16.2. The molecule has 0 aromatic heterocycles. The second kappa shape index (κ2) is 27.5. The van der Waals surface area contributed by atoms with Gasteiger partial charge in [0.25, 0.3) is 10.1 Å². The van der Waals surface area contributed by atoms with Gasteiger partial charge in [0.2, 0.25) is 0 Å². The van der Waals surface area contributed by atoms with Crippen LogP contribution in [0.4, 0.5) is 0 Å². The van der Waals surface area contributed by atoms with E-state index in [-0.39, 0.29) is 27.1 Å². The first kappa shape index (κ1) is 57.8. The first-order valence-corrected chi connectivity index (χ1v) is 29.9. The minimum Gasteiger partial charge on any atom is -0.285 e. The minimum absolute atomic E-state index is 0.0510. The normalized spacial score (nSPS) is 23.6. The fourth-order valence-corrected chi connectivity index (χ4v) is 18.2.